The van der Waals surface area contributed by atoms with Crippen LogP contribution < -0.4 is 10.1 Å². The number of ether oxygens (including phenoxy) is 2. The molecule has 3 rings (SSSR count). The maximum absolute atomic E-state index is 12.7. The maximum atomic E-state index is 12.7. The third-order valence-corrected chi connectivity index (χ3v) is 5.80. The van der Waals surface area contributed by atoms with E-state index >= 15 is 0 Å². The van der Waals surface area contributed by atoms with Gasteiger partial charge in [-0.3, -0.25) is 4.79 Å². The minimum atomic E-state index is 0.00525. The van der Waals surface area contributed by atoms with Crippen LogP contribution in [0.1, 0.15) is 55.5 Å². The Morgan fingerprint density at radius 2 is 2.17 bits per heavy atom. The molecule has 2 aliphatic carbocycles. The molecule has 24 heavy (non-hydrogen) atoms. The Balaban J connectivity index is 1.65. The molecule has 4 atom stereocenters. The van der Waals surface area contributed by atoms with Gasteiger partial charge in [-0.15, -0.1) is 0 Å². The first kappa shape index (κ1) is 17.3. The van der Waals surface area contributed by atoms with Gasteiger partial charge in [0.05, 0.1) is 13.7 Å². The van der Waals surface area contributed by atoms with E-state index < -0.39 is 0 Å². The molecule has 0 aliphatic heterocycles. The molecule has 2 aliphatic rings. The summed E-state index contributed by atoms with van der Waals surface area (Å²) in [6.45, 7) is 5.22. The fraction of sp³-hybridized carbons (Fsp3) is 0.650. The van der Waals surface area contributed by atoms with Gasteiger partial charge in [-0.25, -0.2) is 0 Å². The van der Waals surface area contributed by atoms with Crippen molar-refractivity contribution in [1.82, 2.24) is 5.32 Å². The molecule has 4 nitrogen and oxygen atoms in total. The summed E-state index contributed by atoms with van der Waals surface area (Å²) in [6, 6.07) is 5.81. The Morgan fingerprint density at radius 3 is 2.79 bits per heavy atom. The van der Waals surface area contributed by atoms with Crippen LogP contribution in [0.25, 0.3) is 0 Å². The fourth-order valence-corrected chi connectivity index (χ4v) is 4.55. The third-order valence-electron chi connectivity index (χ3n) is 5.80. The molecule has 1 aromatic carbocycles. The zero-order valence-corrected chi connectivity index (χ0v) is 15.0. The predicted octanol–water partition coefficient (Wildman–Crippen LogP) is 3.79. The van der Waals surface area contributed by atoms with E-state index in [0.29, 0.717) is 24.7 Å². The molecule has 0 aromatic heterocycles. The van der Waals surface area contributed by atoms with Crippen molar-refractivity contribution in [3.8, 4) is 5.75 Å². The summed E-state index contributed by atoms with van der Waals surface area (Å²) >= 11 is 0. The number of hydrogen-bond donors (Lipinski definition) is 1. The van der Waals surface area contributed by atoms with Crippen LogP contribution >= 0.6 is 0 Å². The number of carbonyl (C=O) groups is 1. The molecule has 1 aromatic rings. The first-order valence-electron chi connectivity index (χ1n) is 9.17. The minimum Gasteiger partial charge on any atom is -0.496 e. The molecule has 1 amide bonds. The van der Waals surface area contributed by atoms with Crippen molar-refractivity contribution in [1.29, 1.82) is 0 Å². The van der Waals surface area contributed by atoms with Gasteiger partial charge in [0.2, 0.25) is 0 Å². The van der Waals surface area contributed by atoms with Gasteiger partial charge in [0, 0.05) is 23.8 Å². The molecule has 132 valence electrons. The van der Waals surface area contributed by atoms with Gasteiger partial charge in [0.1, 0.15) is 5.75 Å². The second-order valence-electron chi connectivity index (χ2n) is 7.26. The second kappa shape index (κ2) is 7.56. The zero-order chi connectivity index (χ0) is 17.1. The highest BCUT2D eigenvalue weighted by Crippen LogP contribution is 2.49. The quantitative estimate of drug-likeness (QED) is 0.827. The van der Waals surface area contributed by atoms with Crippen molar-refractivity contribution in [2.75, 3.05) is 13.7 Å². The largest absolute Gasteiger partial charge is 0.496 e. The van der Waals surface area contributed by atoms with E-state index in [1.165, 1.54) is 25.7 Å². The summed E-state index contributed by atoms with van der Waals surface area (Å²) in [7, 11) is 1.64. The van der Waals surface area contributed by atoms with Gasteiger partial charge in [0.15, 0.2) is 0 Å². The smallest absolute Gasteiger partial charge is 0.251 e. The molecule has 0 heterocycles. The molecule has 0 radical (unpaired) electrons. The van der Waals surface area contributed by atoms with E-state index in [1.54, 1.807) is 7.11 Å². The standard InChI is InChI=1S/C20H29NO3/c1-4-24-12-17-11-16(7-8-19(17)23-3)20(22)21-13(2)18-10-14-5-6-15(18)9-14/h7-8,11,13-15,18H,4-6,9-10,12H2,1-3H3,(H,21,22)/t13-,14+,15+,18-/m1/s1. The van der Waals surface area contributed by atoms with Gasteiger partial charge in [-0.1, -0.05) is 6.42 Å². The Hall–Kier alpha value is -1.55. The van der Waals surface area contributed by atoms with Crippen LogP contribution in [0.4, 0.5) is 0 Å². The first-order valence-corrected chi connectivity index (χ1v) is 9.17. The number of hydrogen-bond acceptors (Lipinski definition) is 3. The Bertz CT molecular complexity index is 586. The highest BCUT2D eigenvalue weighted by Gasteiger charge is 2.42. The van der Waals surface area contributed by atoms with Crippen molar-refractivity contribution in [3.63, 3.8) is 0 Å². The monoisotopic (exact) mass is 331 g/mol. The van der Waals surface area contributed by atoms with Gasteiger partial charge in [0.25, 0.3) is 5.91 Å². The molecule has 2 saturated carbocycles. The Morgan fingerprint density at radius 1 is 1.33 bits per heavy atom. The number of benzene rings is 1. The molecule has 1 N–H and O–H groups in total. The summed E-state index contributed by atoms with van der Waals surface area (Å²) in [5.41, 5.74) is 1.60. The van der Waals surface area contributed by atoms with Crippen molar-refractivity contribution in [2.45, 2.75) is 52.2 Å². The molecule has 0 spiro atoms. The molecule has 2 bridgehead atoms. The van der Waals surface area contributed by atoms with E-state index in [4.69, 9.17) is 9.47 Å². The van der Waals surface area contributed by atoms with Crippen molar-refractivity contribution in [2.24, 2.45) is 17.8 Å². The summed E-state index contributed by atoms with van der Waals surface area (Å²) < 4.78 is 10.8. The summed E-state index contributed by atoms with van der Waals surface area (Å²) in [6.07, 6.45) is 5.38. The van der Waals surface area contributed by atoms with Crippen LogP contribution in [0.2, 0.25) is 0 Å². The van der Waals surface area contributed by atoms with Crippen molar-refractivity contribution in [3.05, 3.63) is 29.3 Å². The van der Waals surface area contributed by atoms with Gasteiger partial charge >= 0.3 is 0 Å². The fourth-order valence-electron chi connectivity index (χ4n) is 4.55. The Labute approximate surface area is 144 Å². The average molecular weight is 331 g/mol. The average Bonchev–Trinajstić information content (AvgIpc) is 3.22. The first-order chi connectivity index (χ1) is 11.6. The van der Waals surface area contributed by atoms with Crippen LogP contribution in [-0.4, -0.2) is 25.7 Å². The number of methoxy groups -OCH3 is 1. The normalized spacial score (nSPS) is 26.4. The number of rotatable bonds is 7. The van der Waals surface area contributed by atoms with Crippen LogP contribution in [0.3, 0.4) is 0 Å². The van der Waals surface area contributed by atoms with Crippen molar-refractivity contribution < 1.29 is 14.3 Å². The molecule has 2 fully saturated rings. The summed E-state index contributed by atoms with van der Waals surface area (Å²) in [5, 5.41) is 3.22. The Kier molecular flexibility index (Phi) is 5.44. The van der Waals surface area contributed by atoms with Gasteiger partial charge in [-0.05, 0) is 69.1 Å². The molecule has 4 heteroatoms. The number of amides is 1. The van der Waals surface area contributed by atoms with E-state index in [1.807, 2.05) is 25.1 Å². The zero-order valence-electron chi connectivity index (χ0n) is 15.0. The lowest BCUT2D eigenvalue weighted by molar-refractivity contribution is 0.0914. The highest BCUT2D eigenvalue weighted by atomic mass is 16.5. The van der Waals surface area contributed by atoms with Gasteiger partial charge < -0.3 is 14.8 Å². The third kappa shape index (κ3) is 3.59. The van der Waals surface area contributed by atoms with E-state index in [9.17, 15) is 4.79 Å². The molecular formula is C20H29NO3. The number of fused-ring (bicyclic) bond motifs is 2. The SMILES string of the molecule is CCOCc1cc(C(=O)N[C@H](C)[C@H]2C[C@H]3CC[C@H]2C3)ccc1OC. The summed E-state index contributed by atoms with van der Waals surface area (Å²) in [4.78, 5) is 12.7. The van der Waals surface area contributed by atoms with E-state index in [0.717, 1.165) is 23.1 Å². The van der Waals surface area contributed by atoms with Crippen LogP contribution in [-0.2, 0) is 11.3 Å². The highest BCUT2D eigenvalue weighted by molar-refractivity contribution is 5.94. The minimum absolute atomic E-state index is 0.00525. The lowest BCUT2D eigenvalue weighted by atomic mass is 9.84. The molecule has 0 saturated heterocycles. The second-order valence-corrected chi connectivity index (χ2v) is 7.26. The predicted molar refractivity (Wildman–Crippen MR) is 94.2 cm³/mol. The van der Waals surface area contributed by atoms with E-state index in [2.05, 4.69) is 12.2 Å². The maximum Gasteiger partial charge on any atom is 0.251 e. The van der Waals surface area contributed by atoms with Crippen LogP contribution in [0, 0.1) is 17.8 Å². The lowest BCUT2D eigenvalue weighted by Gasteiger charge is -2.28. The van der Waals surface area contributed by atoms with Gasteiger partial charge in [-0.2, -0.15) is 0 Å². The van der Waals surface area contributed by atoms with Crippen molar-refractivity contribution >= 4 is 5.91 Å². The van der Waals surface area contributed by atoms with E-state index in [-0.39, 0.29) is 11.9 Å². The molecular weight excluding hydrogens is 302 g/mol. The lowest BCUT2D eigenvalue weighted by Crippen LogP contribution is -2.40. The number of carbonyl (C=O) groups excluding carboxylic acids is 1. The number of nitrogens with one attached hydrogen (secondary N) is 1. The topological polar surface area (TPSA) is 47.6 Å². The molecule has 0 unspecified atom stereocenters. The van der Waals surface area contributed by atoms with Crippen LogP contribution in [0.5, 0.6) is 5.75 Å². The van der Waals surface area contributed by atoms with Crippen LogP contribution in [0.15, 0.2) is 18.2 Å². The summed E-state index contributed by atoms with van der Waals surface area (Å²) in [5.74, 6) is 3.13.